The molecule has 0 saturated heterocycles. The number of oxime groups is 1. The lowest BCUT2D eigenvalue weighted by atomic mass is 10.3. The summed E-state index contributed by atoms with van der Waals surface area (Å²) in [5, 5.41) is 11.2. The van der Waals surface area contributed by atoms with Gasteiger partial charge in [-0.25, -0.2) is 0 Å². The van der Waals surface area contributed by atoms with Crippen molar-refractivity contribution in [2.75, 3.05) is 13.6 Å². The second-order valence-electron chi connectivity index (χ2n) is 3.37. The number of hydrogen-bond donors (Lipinski definition) is 2. The Balaban J connectivity index is 2.70. The smallest absolute Gasteiger partial charge is 0.289 e. The van der Waals surface area contributed by atoms with E-state index in [1.54, 1.807) is 19.2 Å². The highest BCUT2D eigenvalue weighted by Crippen LogP contribution is 2.10. The van der Waals surface area contributed by atoms with Gasteiger partial charge in [0.1, 0.15) is 5.76 Å². The fourth-order valence-corrected chi connectivity index (χ4v) is 1.22. The average molecular weight is 225 g/mol. The van der Waals surface area contributed by atoms with Crippen molar-refractivity contribution >= 4 is 11.7 Å². The van der Waals surface area contributed by atoms with Gasteiger partial charge in [0.2, 0.25) is 0 Å². The molecule has 0 spiro atoms. The van der Waals surface area contributed by atoms with Gasteiger partial charge in [-0.15, -0.1) is 0 Å². The van der Waals surface area contributed by atoms with E-state index in [-0.39, 0.29) is 24.0 Å². The first-order valence-corrected chi connectivity index (χ1v) is 4.89. The molecule has 0 radical (unpaired) electrons. The first-order valence-electron chi connectivity index (χ1n) is 4.89. The monoisotopic (exact) mass is 225 g/mol. The van der Waals surface area contributed by atoms with Gasteiger partial charge in [-0.1, -0.05) is 12.1 Å². The molecule has 0 aliphatic heterocycles. The first kappa shape index (κ1) is 12.1. The number of carbonyl (C=O) groups is 1. The molecule has 6 nitrogen and oxygen atoms in total. The van der Waals surface area contributed by atoms with E-state index in [4.69, 9.17) is 15.4 Å². The Morgan fingerprint density at radius 2 is 2.31 bits per heavy atom. The van der Waals surface area contributed by atoms with Crippen molar-refractivity contribution in [3.05, 3.63) is 23.7 Å². The van der Waals surface area contributed by atoms with Gasteiger partial charge in [-0.3, -0.25) is 4.79 Å². The minimum atomic E-state index is -0.300. The Morgan fingerprint density at radius 3 is 2.81 bits per heavy atom. The zero-order chi connectivity index (χ0) is 12.1. The Kier molecular flexibility index (Phi) is 3.93. The molecule has 0 bridgehead atoms. The van der Waals surface area contributed by atoms with E-state index in [1.165, 1.54) is 4.90 Å². The van der Waals surface area contributed by atoms with Crippen LogP contribution in [0.3, 0.4) is 0 Å². The third kappa shape index (κ3) is 2.75. The molecule has 1 amide bonds. The van der Waals surface area contributed by atoms with Gasteiger partial charge in [0.25, 0.3) is 5.91 Å². The second kappa shape index (κ2) is 5.20. The van der Waals surface area contributed by atoms with Crippen molar-refractivity contribution in [3.8, 4) is 0 Å². The largest absolute Gasteiger partial charge is 0.456 e. The number of carbonyl (C=O) groups excluding carboxylic acids is 1. The van der Waals surface area contributed by atoms with E-state index >= 15 is 0 Å². The van der Waals surface area contributed by atoms with E-state index in [9.17, 15) is 4.79 Å². The van der Waals surface area contributed by atoms with Crippen LogP contribution in [0, 0.1) is 0 Å². The summed E-state index contributed by atoms with van der Waals surface area (Å²) < 4.78 is 5.30. The number of furan rings is 1. The van der Waals surface area contributed by atoms with Crippen LogP contribution in [0.4, 0.5) is 0 Å². The summed E-state index contributed by atoms with van der Waals surface area (Å²) in [5.41, 5.74) is 5.30. The van der Waals surface area contributed by atoms with Crippen molar-refractivity contribution in [2.45, 2.75) is 13.3 Å². The van der Waals surface area contributed by atoms with Crippen LogP contribution in [0.25, 0.3) is 0 Å². The Hall–Kier alpha value is -1.98. The summed E-state index contributed by atoms with van der Waals surface area (Å²) in [7, 11) is 1.55. The molecule has 16 heavy (non-hydrogen) atoms. The molecule has 1 heterocycles. The molecule has 0 unspecified atom stereocenters. The maximum Gasteiger partial charge on any atom is 0.289 e. The van der Waals surface area contributed by atoms with Crippen molar-refractivity contribution in [3.63, 3.8) is 0 Å². The van der Waals surface area contributed by atoms with E-state index in [0.29, 0.717) is 0 Å². The average Bonchev–Trinajstić information content (AvgIpc) is 2.76. The van der Waals surface area contributed by atoms with E-state index in [1.807, 2.05) is 6.92 Å². The quantitative estimate of drug-likeness (QED) is 0.341. The number of rotatable bonds is 4. The molecule has 6 heteroatoms. The molecule has 1 rings (SSSR count). The molecule has 0 saturated carbocycles. The molecule has 0 fully saturated rings. The van der Waals surface area contributed by atoms with Crippen LogP contribution in [0.2, 0.25) is 0 Å². The van der Waals surface area contributed by atoms with Crippen LogP contribution >= 0.6 is 0 Å². The Bertz CT molecular complexity index is 398. The van der Waals surface area contributed by atoms with Crippen LogP contribution in [-0.2, 0) is 6.42 Å². The summed E-state index contributed by atoms with van der Waals surface area (Å²) >= 11 is 0. The summed E-state index contributed by atoms with van der Waals surface area (Å²) in [6, 6.07) is 3.37. The third-order valence-electron chi connectivity index (χ3n) is 2.10. The summed E-state index contributed by atoms with van der Waals surface area (Å²) in [4.78, 5) is 13.1. The Morgan fingerprint density at radius 1 is 1.62 bits per heavy atom. The molecule has 0 aliphatic carbocycles. The van der Waals surface area contributed by atoms with Gasteiger partial charge in [-0.05, 0) is 12.1 Å². The fourth-order valence-electron chi connectivity index (χ4n) is 1.22. The number of hydrogen-bond acceptors (Lipinski definition) is 4. The number of amidine groups is 1. The zero-order valence-corrected chi connectivity index (χ0v) is 9.30. The zero-order valence-electron chi connectivity index (χ0n) is 9.30. The lowest BCUT2D eigenvalue weighted by molar-refractivity contribution is 0.0781. The Labute approximate surface area is 93.3 Å². The molecular formula is C10H15N3O3. The minimum absolute atomic E-state index is 0.0295. The van der Waals surface area contributed by atoms with Crippen molar-refractivity contribution in [1.82, 2.24) is 4.90 Å². The molecule has 1 aromatic heterocycles. The van der Waals surface area contributed by atoms with Crippen LogP contribution in [0.15, 0.2) is 21.7 Å². The fraction of sp³-hybridized carbons (Fsp3) is 0.400. The van der Waals surface area contributed by atoms with Crippen molar-refractivity contribution in [2.24, 2.45) is 10.9 Å². The molecule has 3 N–H and O–H groups in total. The predicted molar refractivity (Wildman–Crippen MR) is 58.5 cm³/mol. The molecule has 88 valence electrons. The number of likely N-dealkylation sites (N-methyl/N-ethyl adjacent to an activating group) is 1. The SMILES string of the molecule is CCc1ccc(C(=O)N(C)CC(N)=NO)o1. The van der Waals surface area contributed by atoms with Gasteiger partial charge in [0, 0.05) is 13.5 Å². The highest BCUT2D eigenvalue weighted by Gasteiger charge is 2.16. The number of aryl methyl sites for hydroxylation is 1. The van der Waals surface area contributed by atoms with Crippen LogP contribution < -0.4 is 5.73 Å². The van der Waals surface area contributed by atoms with Gasteiger partial charge >= 0.3 is 0 Å². The highest BCUT2D eigenvalue weighted by atomic mass is 16.4. The first-order chi connectivity index (χ1) is 7.58. The molecule has 0 aliphatic rings. The standard InChI is InChI=1S/C10H15N3O3/c1-3-7-4-5-8(16-7)10(14)13(2)6-9(11)12-15/h4-5,15H,3,6H2,1-2H3,(H2,11,12). The third-order valence-corrected chi connectivity index (χ3v) is 2.10. The summed E-state index contributed by atoms with van der Waals surface area (Å²) in [6.07, 6.45) is 0.733. The lowest BCUT2D eigenvalue weighted by Gasteiger charge is -2.14. The minimum Gasteiger partial charge on any atom is -0.456 e. The van der Waals surface area contributed by atoms with Crippen molar-refractivity contribution < 1.29 is 14.4 Å². The van der Waals surface area contributed by atoms with E-state index in [0.717, 1.165) is 12.2 Å². The molecule has 0 atom stereocenters. The van der Waals surface area contributed by atoms with Crippen LogP contribution in [0.1, 0.15) is 23.2 Å². The number of nitrogens with zero attached hydrogens (tertiary/aromatic N) is 2. The number of amides is 1. The van der Waals surface area contributed by atoms with E-state index < -0.39 is 0 Å². The van der Waals surface area contributed by atoms with Crippen molar-refractivity contribution in [1.29, 1.82) is 0 Å². The second-order valence-corrected chi connectivity index (χ2v) is 3.37. The number of nitrogens with two attached hydrogens (primary N) is 1. The topological polar surface area (TPSA) is 92.1 Å². The predicted octanol–water partition coefficient (Wildman–Crippen LogP) is 0.660. The van der Waals surface area contributed by atoms with Gasteiger partial charge in [-0.2, -0.15) is 0 Å². The van der Waals surface area contributed by atoms with E-state index in [2.05, 4.69) is 5.16 Å². The van der Waals surface area contributed by atoms with Crippen LogP contribution in [-0.4, -0.2) is 35.4 Å². The maximum absolute atomic E-state index is 11.8. The normalized spacial score (nSPS) is 11.5. The lowest BCUT2D eigenvalue weighted by Crippen LogP contribution is -2.35. The van der Waals surface area contributed by atoms with Gasteiger partial charge < -0.3 is 20.3 Å². The maximum atomic E-state index is 11.8. The molecule has 0 aromatic carbocycles. The van der Waals surface area contributed by atoms with Gasteiger partial charge in [0.15, 0.2) is 11.6 Å². The molecular weight excluding hydrogens is 210 g/mol. The summed E-state index contributed by atoms with van der Waals surface area (Å²) in [6.45, 7) is 1.99. The van der Waals surface area contributed by atoms with Crippen LogP contribution in [0.5, 0.6) is 0 Å². The highest BCUT2D eigenvalue weighted by molar-refractivity contribution is 5.94. The van der Waals surface area contributed by atoms with Gasteiger partial charge in [0.05, 0.1) is 6.54 Å². The molecule has 1 aromatic rings. The summed E-state index contributed by atoms with van der Waals surface area (Å²) in [5.74, 6) is 0.676.